The van der Waals surface area contributed by atoms with Gasteiger partial charge in [-0.15, -0.1) is 0 Å². The van der Waals surface area contributed by atoms with Gasteiger partial charge in [0.15, 0.2) is 0 Å². The van der Waals surface area contributed by atoms with Gasteiger partial charge in [0.2, 0.25) is 5.91 Å². The summed E-state index contributed by atoms with van der Waals surface area (Å²) in [7, 11) is 1.64. The van der Waals surface area contributed by atoms with Gasteiger partial charge in [-0.1, -0.05) is 19.3 Å². The van der Waals surface area contributed by atoms with Crippen LogP contribution >= 0.6 is 0 Å². The van der Waals surface area contributed by atoms with Gasteiger partial charge in [0.05, 0.1) is 18.3 Å². The maximum Gasteiger partial charge on any atom is 0.328 e. The second-order valence-corrected chi connectivity index (χ2v) is 6.58. The molecule has 1 aromatic carbocycles. The molecule has 8 heteroatoms. The fourth-order valence-corrected chi connectivity index (χ4v) is 3.10. The lowest BCUT2D eigenvalue weighted by molar-refractivity contribution is -0.134. The van der Waals surface area contributed by atoms with Crippen LogP contribution in [-0.4, -0.2) is 40.2 Å². The van der Waals surface area contributed by atoms with Gasteiger partial charge in [-0.2, -0.15) is 0 Å². The molecule has 0 atom stereocenters. The molecule has 0 unspecified atom stereocenters. The molecule has 0 saturated heterocycles. The normalized spacial score (nSPS) is 14.1. The standard InChI is InChI=1S/C17H20N2O2.C4H4O4/c1-21-13-7-8-15-14(11-13)16(9-10-18-15)19-17(20)12-5-3-2-4-6-12;5-3(6)1-2-4(7)8/h7-12H,2-6H2,1H3,(H,18,19,20);1-2H,(H,5,6)(H,7,8)/b;2-1+. The molecule has 3 rings (SSSR count). The lowest BCUT2D eigenvalue weighted by Crippen LogP contribution is -2.24. The summed E-state index contributed by atoms with van der Waals surface area (Å²) in [4.78, 5) is 35.8. The number of carbonyl (C=O) groups is 3. The summed E-state index contributed by atoms with van der Waals surface area (Å²) in [5, 5.41) is 19.6. The van der Waals surface area contributed by atoms with Crippen LogP contribution in [0.15, 0.2) is 42.6 Å². The number of hydrogen-bond acceptors (Lipinski definition) is 5. The number of ether oxygens (including phenoxy) is 1. The fraction of sp³-hybridized carbons (Fsp3) is 0.333. The maximum absolute atomic E-state index is 12.4. The van der Waals surface area contributed by atoms with Crippen molar-refractivity contribution in [2.45, 2.75) is 32.1 Å². The Balaban J connectivity index is 0.000000321. The van der Waals surface area contributed by atoms with Crippen molar-refractivity contribution in [3.05, 3.63) is 42.6 Å². The topological polar surface area (TPSA) is 126 Å². The molecule has 0 spiro atoms. The molecule has 0 radical (unpaired) electrons. The van der Waals surface area contributed by atoms with Crippen molar-refractivity contribution in [3.8, 4) is 5.75 Å². The van der Waals surface area contributed by atoms with Gasteiger partial charge in [-0.25, -0.2) is 9.59 Å². The Morgan fingerprint density at radius 3 is 2.31 bits per heavy atom. The zero-order chi connectivity index (χ0) is 21.2. The number of hydrogen-bond donors (Lipinski definition) is 3. The van der Waals surface area contributed by atoms with E-state index >= 15 is 0 Å². The zero-order valence-corrected chi connectivity index (χ0v) is 16.1. The van der Waals surface area contributed by atoms with Crippen molar-refractivity contribution >= 4 is 34.4 Å². The Bertz CT molecular complexity index is 887. The van der Waals surface area contributed by atoms with Gasteiger partial charge < -0.3 is 20.3 Å². The van der Waals surface area contributed by atoms with E-state index in [1.165, 1.54) is 6.42 Å². The first kappa shape index (κ1) is 21.9. The predicted octanol–water partition coefficient (Wildman–Crippen LogP) is 3.47. The van der Waals surface area contributed by atoms with Gasteiger partial charge in [0.25, 0.3) is 0 Å². The number of amides is 1. The number of carboxylic acid groups (broad SMARTS) is 2. The largest absolute Gasteiger partial charge is 0.497 e. The number of benzene rings is 1. The van der Waals surface area contributed by atoms with Gasteiger partial charge in [0, 0.05) is 29.7 Å². The summed E-state index contributed by atoms with van der Waals surface area (Å²) in [6, 6.07) is 7.55. The first-order valence-corrected chi connectivity index (χ1v) is 9.28. The summed E-state index contributed by atoms with van der Waals surface area (Å²) in [6.07, 6.45) is 8.40. The molecule has 1 amide bonds. The molecule has 29 heavy (non-hydrogen) atoms. The fourth-order valence-electron chi connectivity index (χ4n) is 3.10. The van der Waals surface area contributed by atoms with E-state index in [9.17, 15) is 14.4 Å². The van der Waals surface area contributed by atoms with Crippen LogP contribution in [0.1, 0.15) is 32.1 Å². The number of aromatic nitrogens is 1. The molecular formula is C21H24N2O6. The van der Waals surface area contributed by atoms with E-state index in [-0.39, 0.29) is 11.8 Å². The van der Waals surface area contributed by atoms with Crippen LogP contribution in [0.3, 0.4) is 0 Å². The van der Waals surface area contributed by atoms with Gasteiger partial charge in [-0.05, 0) is 37.1 Å². The number of rotatable bonds is 5. The van der Waals surface area contributed by atoms with Crippen LogP contribution in [0.2, 0.25) is 0 Å². The summed E-state index contributed by atoms with van der Waals surface area (Å²) >= 11 is 0. The number of methoxy groups -OCH3 is 1. The number of pyridine rings is 1. The van der Waals surface area contributed by atoms with Crippen molar-refractivity contribution < 1.29 is 29.3 Å². The van der Waals surface area contributed by atoms with Crippen molar-refractivity contribution in [2.75, 3.05) is 12.4 Å². The average molecular weight is 400 g/mol. The van der Waals surface area contributed by atoms with Crippen LogP contribution in [0, 0.1) is 5.92 Å². The number of fused-ring (bicyclic) bond motifs is 1. The number of nitrogens with zero attached hydrogens (tertiary/aromatic N) is 1. The summed E-state index contributed by atoms with van der Waals surface area (Å²) in [5.41, 5.74) is 1.67. The molecule has 1 aliphatic carbocycles. The monoisotopic (exact) mass is 400 g/mol. The Labute approximate surface area is 168 Å². The smallest absolute Gasteiger partial charge is 0.328 e. The third-order valence-corrected chi connectivity index (χ3v) is 4.55. The molecule has 3 N–H and O–H groups in total. The molecule has 0 aliphatic heterocycles. The molecule has 1 aliphatic rings. The van der Waals surface area contributed by atoms with Crippen LogP contribution in [0.5, 0.6) is 5.75 Å². The van der Waals surface area contributed by atoms with E-state index in [2.05, 4.69) is 10.3 Å². The van der Waals surface area contributed by atoms with Crippen molar-refractivity contribution in [2.24, 2.45) is 5.92 Å². The molecular weight excluding hydrogens is 376 g/mol. The van der Waals surface area contributed by atoms with Gasteiger partial charge in [0.1, 0.15) is 5.75 Å². The van der Waals surface area contributed by atoms with E-state index in [1.54, 1.807) is 13.3 Å². The third-order valence-electron chi connectivity index (χ3n) is 4.55. The summed E-state index contributed by atoms with van der Waals surface area (Å²) < 4.78 is 5.26. The molecule has 1 fully saturated rings. The van der Waals surface area contributed by atoms with Crippen molar-refractivity contribution in [1.29, 1.82) is 0 Å². The molecule has 8 nitrogen and oxygen atoms in total. The van der Waals surface area contributed by atoms with E-state index in [0.717, 1.165) is 48.0 Å². The number of aliphatic carboxylic acids is 2. The number of carbonyl (C=O) groups excluding carboxylic acids is 1. The van der Waals surface area contributed by atoms with E-state index in [1.807, 2.05) is 24.3 Å². The van der Waals surface area contributed by atoms with Crippen LogP contribution in [0.4, 0.5) is 5.69 Å². The molecule has 0 bridgehead atoms. The van der Waals surface area contributed by atoms with Crippen molar-refractivity contribution in [1.82, 2.24) is 4.98 Å². The van der Waals surface area contributed by atoms with Gasteiger partial charge in [-0.3, -0.25) is 9.78 Å². The molecule has 1 aromatic heterocycles. The lowest BCUT2D eigenvalue weighted by Gasteiger charge is -2.21. The van der Waals surface area contributed by atoms with Crippen molar-refractivity contribution in [3.63, 3.8) is 0 Å². The van der Waals surface area contributed by atoms with Crippen LogP contribution in [-0.2, 0) is 14.4 Å². The summed E-state index contributed by atoms with van der Waals surface area (Å²) in [6.45, 7) is 0. The number of carboxylic acids is 2. The lowest BCUT2D eigenvalue weighted by atomic mass is 9.88. The minimum atomic E-state index is -1.26. The molecule has 1 saturated carbocycles. The van der Waals surface area contributed by atoms with E-state index in [0.29, 0.717) is 12.2 Å². The molecule has 2 aromatic rings. The maximum atomic E-state index is 12.4. The van der Waals surface area contributed by atoms with Gasteiger partial charge >= 0.3 is 11.9 Å². The molecule has 154 valence electrons. The second-order valence-electron chi connectivity index (χ2n) is 6.58. The SMILES string of the molecule is COc1ccc2nccc(NC(=O)C3CCCCC3)c2c1.O=C(O)/C=C/C(=O)O. The highest BCUT2D eigenvalue weighted by molar-refractivity contribution is 6.02. The zero-order valence-electron chi connectivity index (χ0n) is 16.1. The first-order chi connectivity index (χ1) is 13.9. The first-order valence-electron chi connectivity index (χ1n) is 9.28. The second kappa shape index (κ2) is 10.8. The highest BCUT2D eigenvalue weighted by atomic mass is 16.5. The Morgan fingerprint density at radius 1 is 1.07 bits per heavy atom. The Morgan fingerprint density at radius 2 is 1.72 bits per heavy atom. The third kappa shape index (κ3) is 6.91. The number of anilines is 1. The number of nitrogens with one attached hydrogen (secondary N) is 1. The highest BCUT2D eigenvalue weighted by Gasteiger charge is 2.21. The quantitative estimate of drug-likeness (QED) is 0.656. The molecule has 1 heterocycles. The minimum Gasteiger partial charge on any atom is -0.497 e. The highest BCUT2D eigenvalue weighted by Crippen LogP contribution is 2.28. The van der Waals surface area contributed by atoms with Crippen LogP contribution < -0.4 is 10.1 Å². The van der Waals surface area contributed by atoms with Crippen LogP contribution in [0.25, 0.3) is 10.9 Å². The van der Waals surface area contributed by atoms with E-state index in [4.69, 9.17) is 14.9 Å². The minimum absolute atomic E-state index is 0.130. The average Bonchev–Trinajstić information content (AvgIpc) is 2.73. The predicted molar refractivity (Wildman–Crippen MR) is 108 cm³/mol. The summed E-state index contributed by atoms with van der Waals surface area (Å²) in [5.74, 6) is -1.47. The Kier molecular flexibility index (Phi) is 8.14. The van der Waals surface area contributed by atoms with E-state index < -0.39 is 11.9 Å². The Hall–Kier alpha value is -3.42.